The van der Waals surface area contributed by atoms with Gasteiger partial charge in [0.2, 0.25) is 5.91 Å². The van der Waals surface area contributed by atoms with E-state index in [0.717, 1.165) is 50.9 Å². The van der Waals surface area contributed by atoms with E-state index in [4.69, 9.17) is 4.74 Å². The maximum atomic E-state index is 12.4. The minimum absolute atomic E-state index is 0.132. The van der Waals surface area contributed by atoms with Gasteiger partial charge in [0, 0.05) is 57.4 Å². The zero-order valence-corrected chi connectivity index (χ0v) is 21.3. The minimum atomic E-state index is -0.398. The zero-order chi connectivity index (χ0) is 25.0. The number of hydrogen-bond donors (Lipinski definition) is 2. The maximum Gasteiger partial charge on any atom is 0.407 e. The summed E-state index contributed by atoms with van der Waals surface area (Å²) in [7, 11) is 0. The Morgan fingerprint density at radius 3 is 2.44 bits per heavy atom. The van der Waals surface area contributed by atoms with Crippen molar-refractivity contribution in [2.75, 3.05) is 37.6 Å². The van der Waals surface area contributed by atoms with Crippen molar-refractivity contribution >= 4 is 17.7 Å². The van der Waals surface area contributed by atoms with Gasteiger partial charge >= 0.3 is 6.09 Å². The van der Waals surface area contributed by atoms with Crippen LogP contribution in [0.5, 0.6) is 0 Å². The molecule has 2 aliphatic heterocycles. The molecule has 0 bridgehead atoms. The van der Waals surface area contributed by atoms with E-state index in [2.05, 4.69) is 44.7 Å². The molecule has 4 rings (SSSR count). The highest BCUT2D eigenvalue weighted by molar-refractivity contribution is 5.76. The Kier molecular flexibility index (Phi) is 10.0. The number of unbranched alkanes of at least 4 members (excludes halogenated alkanes) is 2. The van der Waals surface area contributed by atoms with Crippen LogP contribution in [0.1, 0.15) is 56.1 Å². The van der Waals surface area contributed by atoms with E-state index in [0.29, 0.717) is 13.0 Å². The molecule has 2 aromatic rings. The second-order valence-corrected chi connectivity index (χ2v) is 9.95. The number of carbonyl (C=O) groups is 2. The highest BCUT2D eigenvalue weighted by Crippen LogP contribution is 2.22. The van der Waals surface area contributed by atoms with E-state index in [1.165, 1.54) is 37.2 Å². The third-order valence-electron chi connectivity index (χ3n) is 7.01. The van der Waals surface area contributed by atoms with Crippen LogP contribution in [0.2, 0.25) is 0 Å². The molecule has 0 saturated carbocycles. The predicted octanol–water partition coefficient (Wildman–Crippen LogP) is 4.46. The van der Waals surface area contributed by atoms with Crippen LogP contribution in [0, 0.1) is 0 Å². The molecule has 7 heteroatoms. The van der Waals surface area contributed by atoms with Crippen molar-refractivity contribution < 1.29 is 14.3 Å². The number of nitrogens with one attached hydrogen (secondary N) is 2. The molecule has 0 aliphatic carbocycles. The van der Waals surface area contributed by atoms with Crippen molar-refractivity contribution in [3.8, 4) is 0 Å². The van der Waals surface area contributed by atoms with E-state index in [9.17, 15) is 9.59 Å². The normalized spacial score (nSPS) is 17.8. The third kappa shape index (κ3) is 8.55. The van der Waals surface area contributed by atoms with Crippen LogP contribution >= 0.6 is 0 Å². The SMILES string of the molecule is O=C(CCCCCNC(=O)OCc1ccccc1)NC1CCN(Cc2ccc(N3CCCC3)cc2)C1. The number of hydrogen-bond acceptors (Lipinski definition) is 5. The average Bonchev–Trinajstić information content (AvgIpc) is 3.59. The lowest BCUT2D eigenvalue weighted by molar-refractivity contribution is -0.121. The van der Waals surface area contributed by atoms with Gasteiger partial charge in [0.05, 0.1) is 0 Å². The van der Waals surface area contributed by atoms with E-state index >= 15 is 0 Å². The van der Waals surface area contributed by atoms with Crippen LogP contribution in [0.3, 0.4) is 0 Å². The Morgan fingerprint density at radius 1 is 0.889 bits per heavy atom. The molecule has 2 aromatic carbocycles. The van der Waals surface area contributed by atoms with Gasteiger partial charge in [0.1, 0.15) is 6.61 Å². The largest absolute Gasteiger partial charge is 0.445 e. The maximum absolute atomic E-state index is 12.4. The Morgan fingerprint density at radius 2 is 1.67 bits per heavy atom. The number of rotatable bonds is 12. The van der Waals surface area contributed by atoms with Gasteiger partial charge in [-0.2, -0.15) is 0 Å². The van der Waals surface area contributed by atoms with Crippen LogP contribution in [-0.2, 0) is 22.7 Å². The Hall–Kier alpha value is -3.06. The molecule has 2 saturated heterocycles. The standard InChI is InChI=1S/C29H40N4O3/c34-28(11-5-2-6-17-30-29(35)36-23-25-9-3-1-4-10-25)31-26-16-20-32(22-26)21-24-12-14-27(15-13-24)33-18-7-8-19-33/h1,3-4,9-10,12-15,26H,2,5-8,11,16-23H2,(H,30,35)(H,31,34). The zero-order valence-electron chi connectivity index (χ0n) is 21.3. The summed E-state index contributed by atoms with van der Waals surface area (Å²) in [6.07, 6.45) is 6.30. The van der Waals surface area contributed by atoms with Gasteiger partial charge in [-0.1, -0.05) is 48.9 Å². The van der Waals surface area contributed by atoms with Crippen LogP contribution in [0.25, 0.3) is 0 Å². The van der Waals surface area contributed by atoms with Crippen molar-refractivity contribution in [2.24, 2.45) is 0 Å². The number of ether oxygens (including phenoxy) is 1. The first kappa shape index (κ1) is 26.0. The summed E-state index contributed by atoms with van der Waals surface area (Å²) in [5.41, 5.74) is 3.64. The molecule has 0 spiro atoms. The number of alkyl carbamates (subject to hydrolysis) is 1. The van der Waals surface area contributed by atoms with E-state index in [-0.39, 0.29) is 18.6 Å². The van der Waals surface area contributed by atoms with Gasteiger partial charge < -0.3 is 20.3 Å². The summed E-state index contributed by atoms with van der Waals surface area (Å²) < 4.78 is 5.20. The molecule has 0 radical (unpaired) electrons. The predicted molar refractivity (Wildman–Crippen MR) is 143 cm³/mol. The molecular weight excluding hydrogens is 452 g/mol. The second kappa shape index (κ2) is 13.9. The van der Waals surface area contributed by atoms with Gasteiger partial charge in [0.15, 0.2) is 0 Å². The molecular formula is C29H40N4O3. The van der Waals surface area contributed by atoms with Gasteiger partial charge in [-0.15, -0.1) is 0 Å². The Labute approximate surface area is 215 Å². The fraction of sp³-hybridized carbons (Fsp3) is 0.517. The fourth-order valence-electron chi connectivity index (χ4n) is 4.99. The van der Waals surface area contributed by atoms with Gasteiger partial charge in [0.25, 0.3) is 0 Å². The van der Waals surface area contributed by atoms with Crippen LogP contribution in [0.4, 0.5) is 10.5 Å². The quantitative estimate of drug-likeness (QED) is 0.428. The third-order valence-corrected chi connectivity index (χ3v) is 7.01. The first-order valence-electron chi connectivity index (χ1n) is 13.5. The molecule has 7 nitrogen and oxygen atoms in total. The summed E-state index contributed by atoms with van der Waals surface area (Å²) in [6, 6.07) is 18.9. The molecule has 1 unspecified atom stereocenters. The molecule has 0 aromatic heterocycles. The number of carbonyl (C=O) groups excluding carboxylic acids is 2. The lowest BCUT2D eigenvalue weighted by atomic mass is 10.1. The summed E-state index contributed by atoms with van der Waals surface area (Å²) in [5, 5.41) is 5.98. The topological polar surface area (TPSA) is 73.9 Å². The Bertz CT molecular complexity index is 945. The van der Waals surface area contributed by atoms with Crippen molar-refractivity contribution in [1.29, 1.82) is 0 Å². The smallest absolute Gasteiger partial charge is 0.407 e. The minimum Gasteiger partial charge on any atom is -0.445 e. The number of amides is 2. The highest BCUT2D eigenvalue weighted by Gasteiger charge is 2.23. The van der Waals surface area contributed by atoms with Crippen LogP contribution in [0.15, 0.2) is 54.6 Å². The fourth-order valence-corrected chi connectivity index (χ4v) is 4.99. The first-order chi connectivity index (χ1) is 17.7. The van der Waals surface area contributed by atoms with E-state index in [1.807, 2.05) is 30.3 Å². The summed E-state index contributed by atoms with van der Waals surface area (Å²) >= 11 is 0. The Balaban J connectivity index is 1.02. The molecule has 1 atom stereocenters. The summed E-state index contributed by atoms with van der Waals surface area (Å²) in [4.78, 5) is 29.0. The highest BCUT2D eigenvalue weighted by atomic mass is 16.5. The van der Waals surface area contributed by atoms with Crippen LogP contribution in [-0.4, -0.2) is 55.7 Å². The molecule has 2 fully saturated rings. The molecule has 2 aliphatic rings. The van der Waals surface area contributed by atoms with Crippen molar-refractivity contribution in [1.82, 2.24) is 15.5 Å². The number of nitrogens with zero attached hydrogens (tertiary/aromatic N) is 2. The number of benzene rings is 2. The van der Waals surface area contributed by atoms with Crippen molar-refractivity contribution in [3.05, 3.63) is 65.7 Å². The number of anilines is 1. The van der Waals surface area contributed by atoms with E-state index in [1.54, 1.807) is 0 Å². The molecule has 2 amide bonds. The lowest BCUT2D eigenvalue weighted by Crippen LogP contribution is -2.36. The van der Waals surface area contributed by atoms with Crippen LogP contribution < -0.4 is 15.5 Å². The van der Waals surface area contributed by atoms with Gasteiger partial charge in [-0.3, -0.25) is 9.69 Å². The van der Waals surface area contributed by atoms with E-state index < -0.39 is 6.09 Å². The molecule has 2 N–H and O–H groups in total. The van der Waals surface area contributed by atoms with Crippen molar-refractivity contribution in [3.63, 3.8) is 0 Å². The summed E-state index contributed by atoms with van der Waals surface area (Å²) in [5.74, 6) is 0.132. The second-order valence-electron chi connectivity index (χ2n) is 9.95. The average molecular weight is 493 g/mol. The molecule has 194 valence electrons. The first-order valence-corrected chi connectivity index (χ1v) is 13.5. The number of likely N-dealkylation sites (tertiary alicyclic amines) is 1. The lowest BCUT2D eigenvalue weighted by Gasteiger charge is -2.19. The van der Waals surface area contributed by atoms with Crippen molar-refractivity contribution in [2.45, 2.75) is 64.1 Å². The molecule has 2 heterocycles. The van der Waals surface area contributed by atoms with Gasteiger partial charge in [-0.25, -0.2) is 4.79 Å². The monoisotopic (exact) mass is 492 g/mol. The summed E-state index contributed by atoms with van der Waals surface area (Å²) in [6.45, 7) is 6.05. The van der Waals surface area contributed by atoms with Gasteiger partial charge in [-0.05, 0) is 55.4 Å². The molecule has 36 heavy (non-hydrogen) atoms.